The highest BCUT2D eigenvalue weighted by Crippen LogP contribution is 2.25. The zero-order valence-corrected chi connectivity index (χ0v) is 19.8. The van der Waals surface area contributed by atoms with Gasteiger partial charge in [-0.2, -0.15) is 0 Å². The summed E-state index contributed by atoms with van der Waals surface area (Å²) in [6.07, 6.45) is 5.19. The number of nitrogens with zero attached hydrogens (tertiary/aromatic N) is 3. The first kappa shape index (κ1) is 23.6. The van der Waals surface area contributed by atoms with Gasteiger partial charge in [0, 0.05) is 13.1 Å². The van der Waals surface area contributed by atoms with E-state index in [1.165, 1.54) is 24.6 Å². The van der Waals surface area contributed by atoms with Crippen LogP contribution in [0.25, 0.3) is 0 Å². The minimum absolute atomic E-state index is 0.0206. The monoisotopic (exact) mass is 463 g/mol. The molecule has 0 aliphatic heterocycles. The van der Waals surface area contributed by atoms with Gasteiger partial charge < -0.3 is 15.2 Å². The predicted octanol–water partition coefficient (Wildman–Crippen LogP) is 4.14. The van der Waals surface area contributed by atoms with Crippen LogP contribution < -0.4 is 10.6 Å². The number of benzene rings is 1. The Bertz CT molecular complexity index is 911. The smallest absolute Gasteiger partial charge is 0.253 e. The maximum atomic E-state index is 12.8. The molecule has 168 valence electrons. The normalized spacial score (nSPS) is 15.3. The zero-order valence-electron chi connectivity index (χ0n) is 18.2. The van der Waals surface area contributed by atoms with Gasteiger partial charge >= 0.3 is 0 Å². The van der Waals surface area contributed by atoms with E-state index in [-0.39, 0.29) is 17.9 Å². The van der Waals surface area contributed by atoms with Crippen LogP contribution in [0.1, 0.15) is 68.2 Å². The van der Waals surface area contributed by atoms with E-state index in [0.29, 0.717) is 45.7 Å². The van der Waals surface area contributed by atoms with Gasteiger partial charge in [-0.25, -0.2) is 0 Å². The molecule has 2 N–H and O–H groups in total. The minimum atomic E-state index is -0.317. The molecule has 0 bridgehead atoms. The van der Waals surface area contributed by atoms with Gasteiger partial charge in [0.2, 0.25) is 5.91 Å². The summed E-state index contributed by atoms with van der Waals surface area (Å²) in [4.78, 5) is 25.1. The molecule has 1 aliphatic rings. The van der Waals surface area contributed by atoms with Gasteiger partial charge in [0.05, 0.1) is 22.4 Å². The number of aromatic nitrogens is 3. The van der Waals surface area contributed by atoms with Crippen molar-refractivity contribution >= 4 is 35.2 Å². The lowest BCUT2D eigenvalue weighted by Crippen LogP contribution is -2.34. The van der Waals surface area contributed by atoms with Gasteiger partial charge in [-0.05, 0) is 37.3 Å². The highest BCUT2D eigenvalue weighted by Gasteiger charge is 2.25. The van der Waals surface area contributed by atoms with Crippen molar-refractivity contribution in [3.05, 3.63) is 40.7 Å². The number of thioether (sulfide) groups is 1. The van der Waals surface area contributed by atoms with E-state index in [9.17, 15) is 9.59 Å². The van der Waals surface area contributed by atoms with Crippen molar-refractivity contribution in [1.82, 2.24) is 25.4 Å². The Morgan fingerprint density at radius 1 is 1.23 bits per heavy atom. The molecule has 1 aliphatic carbocycles. The number of hydrogen-bond donors (Lipinski definition) is 2. The fourth-order valence-electron chi connectivity index (χ4n) is 3.81. The summed E-state index contributed by atoms with van der Waals surface area (Å²) < 4.78 is 1.85. The molecule has 2 aromatic rings. The van der Waals surface area contributed by atoms with Crippen LogP contribution in [0, 0.1) is 5.92 Å². The predicted molar refractivity (Wildman–Crippen MR) is 123 cm³/mol. The van der Waals surface area contributed by atoms with Gasteiger partial charge in [-0.3, -0.25) is 9.59 Å². The van der Waals surface area contributed by atoms with Gasteiger partial charge in [-0.15, -0.1) is 10.2 Å². The van der Waals surface area contributed by atoms with Crippen molar-refractivity contribution in [2.75, 3.05) is 5.75 Å². The lowest BCUT2D eigenvalue weighted by atomic mass is 10.0. The maximum Gasteiger partial charge on any atom is 0.253 e. The molecule has 7 nitrogen and oxygen atoms in total. The molecular formula is C22H30ClN5O2S. The molecule has 2 amide bonds. The Kier molecular flexibility index (Phi) is 8.37. The summed E-state index contributed by atoms with van der Waals surface area (Å²) in [6, 6.07) is 6.96. The van der Waals surface area contributed by atoms with Crippen LogP contribution >= 0.6 is 23.4 Å². The van der Waals surface area contributed by atoms with Crippen molar-refractivity contribution in [3.63, 3.8) is 0 Å². The first-order valence-corrected chi connectivity index (χ1v) is 12.1. The summed E-state index contributed by atoms with van der Waals surface area (Å²) in [5.41, 5.74) is 0.429. The van der Waals surface area contributed by atoms with Crippen LogP contribution in [-0.2, 0) is 11.8 Å². The van der Waals surface area contributed by atoms with Gasteiger partial charge in [0.1, 0.15) is 0 Å². The summed E-state index contributed by atoms with van der Waals surface area (Å²) in [5.74, 6) is 1.06. The number of carbonyl (C=O) groups excluding carboxylic acids is 2. The largest absolute Gasteiger partial charge is 0.353 e. The molecule has 1 unspecified atom stereocenters. The molecule has 9 heteroatoms. The standard InChI is InChI=1S/C22H30ClN5O2S/c1-14(2)12-18(25-21(30)16-10-6-7-11-17(16)23)20-26-27-22(28(20)3)31-13-19(29)24-15-8-4-5-9-15/h6-7,10-11,14-15,18H,4-5,8-9,12-13H2,1-3H3,(H,24,29)(H,25,30). The molecule has 1 aromatic carbocycles. The summed E-state index contributed by atoms with van der Waals surface area (Å²) in [6.45, 7) is 4.18. The van der Waals surface area contributed by atoms with E-state index in [2.05, 4.69) is 34.7 Å². The van der Waals surface area contributed by atoms with Crippen LogP contribution in [-0.4, -0.2) is 38.4 Å². The van der Waals surface area contributed by atoms with Crippen molar-refractivity contribution < 1.29 is 9.59 Å². The average molecular weight is 464 g/mol. The number of carbonyl (C=O) groups is 2. The van der Waals surface area contributed by atoms with Crippen molar-refractivity contribution in [2.45, 2.75) is 63.2 Å². The molecule has 0 radical (unpaired) electrons. The molecular weight excluding hydrogens is 434 g/mol. The number of nitrogens with one attached hydrogen (secondary N) is 2. The van der Waals surface area contributed by atoms with E-state index < -0.39 is 0 Å². The van der Waals surface area contributed by atoms with Gasteiger partial charge in [0.25, 0.3) is 5.91 Å². The molecule has 1 heterocycles. The summed E-state index contributed by atoms with van der Waals surface area (Å²) in [5, 5.41) is 15.8. The molecule has 0 spiro atoms. The third kappa shape index (κ3) is 6.46. The van der Waals surface area contributed by atoms with Gasteiger partial charge in [-0.1, -0.05) is 62.2 Å². The quantitative estimate of drug-likeness (QED) is 0.545. The van der Waals surface area contributed by atoms with Crippen molar-refractivity contribution in [1.29, 1.82) is 0 Å². The Hall–Kier alpha value is -2.06. The molecule has 1 aromatic heterocycles. The van der Waals surface area contributed by atoms with Crippen molar-refractivity contribution in [3.8, 4) is 0 Å². The van der Waals surface area contributed by atoms with E-state index in [4.69, 9.17) is 11.6 Å². The fraction of sp³-hybridized carbons (Fsp3) is 0.545. The van der Waals surface area contributed by atoms with Crippen LogP contribution in [0.5, 0.6) is 0 Å². The second-order valence-electron chi connectivity index (χ2n) is 8.37. The fourth-order valence-corrected chi connectivity index (χ4v) is 4.76. The van der Waals surface area contributed by atoms with Crippen LogP contribution in [0.15, 0.2) is 29.4 Å². The Morgan fingerprint density at radius 2 is 1.94 bits per heavy atom. The molecule has 1 fully saturated rings. The van der Waals surface area contributed by atoms with Crippen molar-refractivity contribution in [2.24, 2.45) is 13.0 Å². The topological polar surface area (TPSA) is 88.9 Å². The van der Waals surface area contributed by atoms with Crippen LogP contribution in [0.3, 0.4) is 0 Å². The molecule has 3 rings (SSSR count). The summed E-state index contributed by atoms with van der Waals surface area (Å²) in [7, 11) is 1.86. The summed E-state index contributed by atoms with van der Waals surface area (Å²) >= 11 is 7.54. The number of halogens is 1. The van der Waals surface area contributed by atoms with E-state index >= 15 is 0 Å². The highest BCUT2D eigenvalue weighted by atomic mass is 35.5. The number of rotatable bonds is 9. The lowest BCUT2D eigenvalue weighted by molar-refractivity contribution is -0.119. The first-order chi connectivity index (χ1) is 14.8. The minimum Gasteiger partial charge on any atom is -0.353 e. The van der Waals surface area contributed by atoms with Crippen LogP contribution in [0.4, 0.5) is 0 Å². The average Bonchev–Trinajstić information content (AvgIpc) is 3.35. The van der Waals surface area contributed by atoms with E-state index in [1.54, 1.807) is 24.3 Å². The van der Waals surface area contributed by atoms with Crippen LogP contribution in [0.2, 0.25) is 5.02 Å². The third-order valence-electron chi connectivity index (χ3n) is 5.36. The molecule has 31 heavy (non-hydrogen) atoms. The van der Waals surface area contributed by atoms with Gasteiger partial charge in [0.15, 0.2) is 11.0 Å². The van der Waals surface area contributed by atoms with E-state index in [1.807, 2.05) is 11.6 Å². The molecule has 0 saturated heterocycles. The second kappa shape index (κ2) is 11.0. The lowest BCUT2D eigenvalue weighted by Gasteiger charge is -2.20. The van der Waals surface area contributed by atoms with E-state index in [0.717, 1.165) is 12.8 Å². The molecule has 1 saturated carbocycles. The molecule has 1 atom stereocenters. The number of amides is 2. The Morgan fingerprint density at radius 3 is 2.61 bits per heavy atom. The second-order valence-corrected chi connectivity index (χ2v) is 9.72. The first-order valence-electron chi connectivity index (χ1n) is 10.7. The highest BCUT2D eigenvalue weighted by molar-refractivity contribution is 7.99. The SMILES string of the molecule is CC(C)CC(NC(=O)c1ccccc1Cl)c1nnc(SCC(=O)NC2CCCC2)n1C. The zero-order chi connectivity index (χ0) is 22.4. The maximum absolute atomic E-state index is 12.8. The number of hydrogen-bond acceptors (Lipinski definition) is 5. The Balaban J connectivity index is 1.67. The third-order valence-corrected chi connectivity index (χ3v) is 6.71. The Labute approximate surface area is 192 Å².